The normalized spacial score (nSPS) is 15.2. The number of rotatable bonds is 5. The van der Waals surface area contributed by atoms with E-state index in [9.17, 15) is 9.59 Å². The maximum Gasteiger partial charge on any atom is 0.253 e. The Labute approximate surface area is 151 Å². The van der Waals surface area contributed by atoms with Crippen LogP contribution >= 0.6 is 11.6 Å². The first-order chi connectivity index (χ1) is 12.1. The molecule has 0 unspecified atom stereocenters. The molecule has 25 heavy (non-hydrogen) atoms. The Balaban J connectivity index is 1.43. The fraction of sp³-hybridized carbons (Fsp3) is 0.333. The van der Waals surface area contributed by atoms with Crippen molar-refractivity contribution in [3.05, 3.63) is 59.0 Å². The Kier molecular flexibility index (Phi) is 5.73. The van der Waals surface area contributed by atoms with Crippen molar-refractivity contribution in [1.82, 2.24) is 15.1 Å². The zero-order chi connectivity index (χ0) is 17.6. The zero-order valence-corrected chi connectivity index (χ0v) is 14.5. The molecule has 2 aromatic rings. The summed E-state index contributed by atoms with van der Waals surface area (Å²) >= 11 is 5.94. The third-order valence-electron chi connectivity index (χ3n) is 4.14. The van der Waals surface area contributed by atoms with E-state index in [0.717, 1.165) is 5.76 Å². The summed E-state index contributed by atoms with van der Waals surface area (Å²) in [5.41, 5.74) is 0.595. The van der Waals surface area contributed by atoms with Gasteiger partial charge in [0.1, 0.15) is 5.76 Å². The van der Waals surface area contributed by atoms with Crippen LogP contribution in [0.15, 0.2) is 47.1 Å². The monoisotopic (exact) mass is 361 g/mol. The predicted octanol–water partition coefficient (Wildman–Crippen LogP) is 2.01. The van der Waals surface area contributed by atoms with Crippen molar-refractivity contribution in [2.75, 3.05) is 32.7 Å². The number of benzene rings is 1. The van der Waals surface area contributed by atoms with E-state index >= 15 is 0 Å². The molecule has 132 valence electrons. The minimum Gasteiger partial charge on any atom is -0.467 e. The summed E-state index contributed by atoms with van der Waals surface area (Å²) in [6.07, 6.45) is 1.58. The van der Waals surface area contributed by atoms with Crippen LogP contribution < -0.4 is 5.32 Å². The molecule has 2 amide bonds. The van der Waals surface area contributed by atoms with E-state index in [-0.39, 0.29) is 11.8 Å². The van der Waals surface area contributed by atoms with E-state index in [2.05, 4.69) is 5.32 Å². The van der Waals surface area contributed by atoms with Crippen LogP contribution in [0.2, 0.25) is 5.02 Å². The lowest BCUT2D eigenvalue weighted by molar-refractivity contribution is -0.122. The van der Waals surface area contributed by atoms with Crippen molar-refractivity contribution in [1.29, 1.82) is 0 Å². The van der Waals surface area contributed by atoms with Gasteiger partial charge in [-0.25, -0.2) is 0 Å². The second-order valence-corrected chi connectivity index (χ2v) is 6.37. The highest BCUT2D eigenvalue weighted by molar-refractivity contribution is 6.30. The van der Waals surface area contributed by atoms with Gasteiger partial charge in [-0.15, -0.1) is 0 Å². The lowest BCUT2D eigenvalue weighted by Gasteiger charge is -2.34. The Morgan fingerprint density at radius 1 is 1.12 bits per heavy atom. The molecule has 1 aromatic carbocycles. The summed E-state index contributed by atoms with van der Waals surface area (Å²) < 4.78 is 5.18. The molecular weight excluding hydrogens is 342 g/mol. The quantitative estimate of drug-likeness (QED) is 0.884. The molecule has 1 aliphatic rings. The summed E-state index contributed by atoms with van der Waals surface area (Å²) in [4.78, 5) is 28.3. The summed E-state index contributed by atoms with van der Waals surface area (Å²) in [6.45, 7) is 3.23. The molecule has 1 aromatic heterocycles. The van der Waals surface area contributed by atoms with Gasteiger partial charge in [0, 0.05) is 36.8 Å². The number of furan rings is 1. The molecule has 2 heterocycles. The lowest BCUT2D eigenvalue weighted by Crippen LogP contribution is -2.51. The number of halogens is 1. The Morgan fingerprint density at radius 3 is 2.60 bits per heavy atom. The van der Waals surface area contributed by atoms with E-state index in [0.29, 0.717) is 49.9 Å². The third-order valence-corrected chi connectivity index (χ3v) is 4.37. The maximum atomic E-state index is 12.5. The minimum absolute atomic E-state index is 0.0237. The number of piperazine rings is 1. The average molecular weight is 362 g/mol. The molecular formula is C18H20ClN3O3. The van der Waals surface area contributed by atoms with Gasteiger partial charge in [0.15, 0.2) is 0 Å². The van der Waals surface area contributed by atoms with Crippen LogP contribution in [0.25, 0.3) is 0 Å². The number of hydrogen-bond acceptors (Lipinski definition) is 4. The molecule has 0 aliphatic carbocycles. The molecule has 1 aliphatic heterocycles. The van der Waals surface area contributed by atoms with Crippen LogP contribution in [0.5, 0.6) is 0 Å². The molecule has 6 nitrogen and oxygen atoms in total. The molecule has 0 atom stereocenters. The number of carbonyl (C=O) groups is 2. The van der Waals surface area contributed by atoms with Gasteiger partial charge in [0.05, 0.1) is 19.4 Å². The molecule has 0 spiro atoms. The summed E-state index contributed by atoms with van der Waals surface area (Å²) in [6, 6.07) is 10.6. The fourth-order valence-corrected chi connectivity index (χ4v) is 2.96. The number of amides is 2. The SMILES string of the molecule is O=C(CN1CCN(C(=O)c2cccc(Cl)c2)CC1)NCc1ccco1. The van der Waals surface area contributed by atoms with Gasteiger partial charge in [-0.1, -0.05) is 17.7 Å². The molecule has 1 fully saturated rings. The van der Waals surface area contributed by atoms with Gasteiger partial charge >= 0.3 is 0 Å². The van der Waals surface area contributed by atoms with Crippen molar-refractivity contribution >= 4 is 23.4 Å². The number of nitrogens with one attached hydrogen (secondary N) is 1. The second-order valence-electron chi connectivity index (χ2n) is 5.93. The van der Waals surface area contributed by atoms with Crippen LogP contribution in [-0.4, -0.2) is 54.3 Å². The van der Waals surface area contributed by atoms with Crippen LogP contribution in [0, 0.1) is 0 Å². The highest BCUT2D eigenvalue weighted by Crippen LogP contribution is 2.14. The summed E-state index contributed by atoms with van der Waals surface area (Å²) in [7, 11) is 0. The van der Waals surface area contributed by atoms with Gasteiger partial charge in [0.2, 0.25) is 5.91 Å². The molecule has 1 saturated heterocycles. The van der Waals surface area contributed by atoms with Crippen molar-refractivity contribution in [3.63, 3.8) is 0 Å². The number of nitrogens with zero attached hydrogens (tertiary/aromatic N) is 2. The fourth-order valence-electron chi connectivity index (χ4n) is 2.77. The molecule has 3 rings (SSSR count). The summed E-state index contributed by atoms with van der Waals surface area (Å²) in [5, 5.41) is 3.38. The number of carbonyl (C=O) groups excluding carboxylic acids is 2. The van der Waals surface area contributed by atoms with E-state index in [1.165, 1.54) is 0 Å². The van der Waals surface area contributed by atoms with E-state index in [1.54, 1.807) is 41.5 Å². The van der Waals surface area contributed by atoms with E-state index < -0.39 is 0 Å². The first kappa shape index (κ1) is 17.5. The molecule has 0 radical (unpaired) electrons. The van der Waals surface area contributed by atoms with Gasteiger partial charge < -0.3 is 14.6 Å². The third kappa shape index (κ3) is 4.84. The van der Waals surface area contributed by atoms with Crippen LogP contribution in [0.1, 0.15) is 16.1 Å². The Morgan fingerprint density at radius 2 is 1.92 bits per heavy atom. The van der Waals surface area contributed by atoms with Crippen LogP contribution in [-0.2, 0) is 11.3 Å². The van der Waals surface area contributed by atoms with Gasteiger partial charge in [-0.2, -0.15) is 0 Å². The molecule has 7 heteroatoms. The van der Waals surface area contributed by atoms with Crippen molar-refractivity contribution in [2.45, 2.75) is 6.54 Å². The van der Waals surface area contributed by atoms with Crippen molar-refractivity contribution in [3.8, 4) is 0 Å². The topological polar surface area (TPSA) is 65.8 Å². The standard InChI is InChI=1S/C18H20ClN3O3/c19-15-4-1-3-14(11-15)18(24)22-8-6-21(7-9-22)13-17(23)20-12-16-5-2-10-25-16/h1-5,10-11H,6-9,12-13H2,(H,20,23). The largest absolute Gasteiger partial charge is 0.467 e. The van der Waals surface area contributed by atoms with E-state index in [4.69, 9.17) is 16.0 Å². The van der Waals surface area contributed by atoms with Crippen molar-refractivity contribution < 1.29 is 14.0 Å². The highest BCUT2D eigenvalue weighted by atomic mass is 35.5. The number of hydrogen-bond donors (Lipinski definition) is 1. The zero-order valence-electron chi connectivity index (χ0n) is 13.8. The Bertz CT molecular complexity index is 725. The average Bonchev–Trinajstić information content (AvgIpc) is 3.14. The van der Waals surface area contributed by atoms with Gasteiger partial charge in [-0.3, -0.25) is 14.5 Å². The molecule has 0 bridgehead atoms. The first-order valence-electron chi connectivity index (χ1n) is 8.18. The Hall–Kier alpha value is -2.31. The van der Waals surface area contributed by atoms with Gasteiger partial charge in [-0.05, 0) is 30.3 Å². The first-order valence-corrected chi connectivity index (χ1v) is 8.56. The molecule has 1 N–H and O–H groups in total. The van der Waals surface area contributed by atoms with Crippen molar-refractivity contribution in [2.24, 2.45) is 0 Å². The van der Waals surface area contributed by atoms with Gasteiger partial charge in [0.25, 0.3) is 5.91 Å². The minimum atomic E-state index is -0.0500. The smallest absolute Gasteiger partial charge is 0.253 e. The second kappa shape index (κ2) is 8.18. The van der Waals surface area contributed by atoms with Crippen LogP contribution in [0.3, 0.4) is 0 Å². The summed E-state index contributed by atoms with van der Waals surface area (Å²) in [5.74, 6) is 0.653. The highest BCUT2D eigenvalue weighted by Gasteiger charge is 2.23. The maximum absolute atomic E-state index is 12.5. The predicted molar refractivity (Wildman–Crippen MR) is 94.4 cm³/mol. The lowest BCUT2D eigenvalue weighted by atomic mass is 10.2. The molecule has 0 saturated carbocycles. The van der Waals surface area contributed by atoms with E-state index in [1.807, 2.05) is 11.0 Å². The van der Waals surface area contributed by atoms with Crippen LogP contribution in [0.4, 0.5) is 0 Å².